The van der Waals surface area contributed by atoms with E-state index in [1.807, 2.05) is 6.08 Å². The van der Waals surface area contributed by atoms with Crippen LogP contribution >= 0.6 is 0 Å². The van der Waals surface area contributed by atoms with E-state index >= 15 is 4.39 Å². The van der Waals surface area contributed by atoms with E-state index in [2.05, 4.69) is 32.7 Å². The number of ether oxygens (including phenoxy) is 3. The van der Waals surface area contributed by atoms with E-state index in [0.717, 1.165) is 48.6 Å². The molecule has 19 nitrogen and oxygen atoms in total. The first-order valence-corrected chi connectivity index (χ1v) is 24.7. The molecule has 3 aromatic rings. The highest BCUT2D eigenvalue weighted by molar-refractivity contribution is 5.95. The van der Waals surface area contributed by atoms with Gasteiger partial charge in [0.15, 0.2) is 11.4 Å². The number of nitrogens with one attached hydrogen (secondary N) is 5. The van der Waals surface area contributed by atoms with Crippen LogP contribution in [0.5, 0.6) is 0 Å². The van der Waals surface area contributed by atoms with Gasteiger partial charge in [0.1, 0.15) is 25.6 Å². The third-order valence-corrected chi connectivity index (χ3v) is 14.5. The molecule has 0 spiro atoms. The zero-order chi connectivity index (χ0) is 50.4. The lowest BCUT2D eigenvalue weighted by molar-refractivity contribution is -0.172. The number of carbonyl (C=O) groups excluding carboxylic acids is 7. The van der Waals surface area contributed by atoms with Crippen LogP contribution in [0, 0.1) is 18.7 Å². The molecule has 2 aliphatic heterocycles. The molecule has 0 saturated heterocycles. The Hall–Kier alpha value is -6.38. The number of pyridine rings is 2. The monoisotopic (exact) mass is 983 g/mol. The Bertz CT molecular complexity index is 2720. The number of hydrogen-bond donors (Lipinski definition) is 6. The van der Waals surface area contributed by atoms with E-state index in [-0.39, 0.29) is 86.8 Å². The number of aliphatic hydroxyl groups is 1. The minimum Gasteiger partial charge on any atom is -0.458 e. The number of ketones is 1. The standard InChI is InChI=1S/C51H62FN7O12/c1-3-51(68)35-18-39-48-33(24-59(39)49(66)34(35)25-71-50(51)67)47-37(17-16-32-28(2)36(52)19-38(58-48)46(32)47)57-45(65)27-70-31-13-9-10-29(14-15-31)40(60)20-53-41(61)21-54-42(62)22-55-43(63)23-56-44(64)26-69-30-11-7-5-4-6-8-12-30/h7,11,18-19,29-31,37,68H,3-6,8-10,12-17,20-27H2,1-2H3,(H,53,61)(H,54,62)(H,55,63)(H,56,64)(H,57,65)/b11-7-/t29?,30?,31?,37-,51-/m0/s1. The molecule has 3 aliphatic carbocycles. The van der Waals surface area contributed by atoms with Gasteiger partial charge in [0, 0.05) is 28.5 Å². The highest BCUT2D eigenvalue weighted by atomic mass is 19.1. The third kappa shape index (κ3) is 11.4. The maximum absolute atomic E-state index is 15.4. The number of hydrogen-bond acceptors (Lipinski definition) is 13. The Labute approximate surface area is 409 Å². The second kappa shape index (κ2) is 22.4. The van der Waals surface area contributed by atoms with Crippen molar-refractivity contribution < 1.29 is 57.3 Å². The van der Waals surface area contributed by atoms with Gasteiger partial charge in [0.25, 0.3) is 5.56 Å². The van der Waals surface area contributed by atoms with Crippen LogP contribution < -0.4 is 32.1 Å². The van der Waals surface area contributed by atoms with Crippen LogP contribution in [0.1, 0.15) is 123 Å². The molecule has 2 aromatic heterocycles. The molecule has 5 aliphatic rings. The van der Waals surface area contributed by atoms with Crippen molar-refractivity contribution in [3.63, 3.8) is 0 Å². The molecule has 5 amide bonds. The molecular weight excluding hydrogens is 922 g/mol. The fraction of sp³-hybridized carbons (Fsp3) is 0.549. The van der Waals surface area contributed by atoms with E-state index in [1.54, 1.807) is 19.9 Å². The Kier molecular flexibility index (Phi) is 16.1. The lowest BCUT2D eigenvalue weighted by atomic mass is 9.81. The smallest absolute Gasteiger partial charge is 0.343 e. The number of esters is 1. The van der Waals surface area contributed by atoms with Crippen LogP contribution in [-0.4, -0.2) is 108 Å². The number of cyclic esters (lactones) is 1. The van der Waals surface area contributed by atoms with Crippen LogP contribution in [0.3, 0.4) is 0 Å². The van der Waals surface area contributed by atoms with Gasteiger partial charge in [-0.2, -0.15) is 0 Å². The number of Topliss-reactive ketones (excluding diaryl/α,β-unsaturated/α-hetero) is 1. The molecule has 1 saturated carbocycles. The number of aromatic nitrogens is 2. The molecule has 1 aromatic carbocycles. The summed E-state index contributed by atoms with van der Waals surface area (Å²) < 4.78 is 33.9. The predicted molar refractivity (Wildman–Crippen MR) is 254 cm³/mol. The van der Waals surface area contributed by atoms with Gasteiger partial charge in [0.05, 0.1) is 73.4 Å². The summed E-state index contributed by atoms with van der Waals surface area (Å²) in [7, 11) is 0. The van der Waals surface area contributed by atoms with Crippen LogP contribution in [0.2, 0.25) is 0 Å². The highest BCUT2D eigenvalue weighted by Gasteiger charge is 2.46. The molecule has 0 bridgehead atoms. The van der Waals surface area contributed by atoms with Crippen molar-refractivity contribution in [2.75, 3.05) is 39.4 Å². The number of halogens is 1. The fourth-order valence-electron chi connectivity index (χ4n) is 10.4. The van der Waals surface area contributed by atoms with Crippen molar-refractivity contribution in [3.8, 4) is 11.4 Å². The van der Waals surface area contributed by atoms with Crippen LogP contribution in [0.25, 0.3) is 22.3 Å². The molecule has 71 heavy (non-hydrogen) atoms. The Morgan fingerprint density at radius 1 is 0.817 bits per heavy atom. The van der Waals surface area contributed by atoms with Gasteiger partial charge >= 0.3 is 5.97 Å². The van der Waals surface area contributed by atoms with Crippen LogP contribution in [0.4, 0.5) is 4.39 Å². The number of allylic oxidation sites excluding steroid dienone is 1. The average molecular weight is 984 g/mol. The summed E-state index contributed by atoms with van der Waals surface area (Å²) in [6.07, 6.45) is 12.4. The summed E-state index contributed by atoms with van der Waals surface area (Å²) in [6.45, 7) is 1.31. The van der Waals surface area contributed by atoms with Crippen LogP contribution in [0.15, 0.2) is 29.1 Å². The first kappa shape index (κ1) is 51.0. The maximum Gasteiger partial charge on any atom is 0.343 e. The van der Waals surface area contributed by atoms with Gasteiger partial charge in [-0.05, 0) is 93.9 Å². The molecule has 20 heteroatoms. The number of fused-ring (bicyclic) bond motifs is 5. The quantitative estimate of drug-likeness (QED) is 0.0506. The zero-order valence-corrected chi connectivity index (χ0v) is 40.2. The maximum atomic E-state index is 15.4. The Balaban J connectivity index is 0.784. The highest BCUT2D eigenvalue weighted by Crippen LogP contribution is 2.46. The van der Waals surface area contributed by atoms with Crippen molar-refractivity contribution in [1.29, 1.82) is 0 Å². The minimum absolute atomic E-state index is 0.0213. The normalized spacial score (nSPS) is 22.8. The molecule has 3 unspecified atom stereocenters. The van der Waals surface area contributed by atoms with E-state index in [1.165, 1.54) is 10.6 Å². The summed E-state index contributed by atoms with van der Waals surface area (Å²) in [5.74, 6) is -4.41. The van der Waals surface area contributed by atoms with Gasteiger partial charge in [-0.15, -0.1) is 0 Å². The molecule has 1 fully saturated rings. The number of benzene rings is 1. The first-order valence-electron chi connectivity index (χ1n) is 24.7. The Morgan fingerprint density at radius 3 is 2.28 bits per heavy atom. The molecule has 4 heterocycles. The van der Waals surface area contributed by atoms with Crippen molar-refractivity contribution in [2.45, 2.75) is 134 Å². The lowest BCUT2D eigenvalue weighted by Gasteiger charge is -2.31. The SMILES string of the molecule is CC[C@@]1(O)C(=O)OCc2c1cc1n(c2=O)Cc2c-1nc1cc(F)c(C)c3c1c2[C@@H](NC(=O)COC1CCCC(C(=O)CNC(=O)CNC(=O)CNC(=O)CNC(=O)COC2/C=C\CCCCC2)CC1)CC3. The summed E-state index contributed by atoms with van der Waals surface area (Å²) in [5.41, 5.74) is 1.71. The zero-order valence-electron chi connectivity index (χ0n) is 40.2. The first-order chi connectivity index (χ1) is 34.1. The number of rotatable bonds is 17. The molecule has 8 rings (SSSR count). The van der Waals surface area contributed by atoms with Gasteiger partial charge in [0.2, 0.25) is 29.5 Å². The van der Waals surface area contributed by atoms with E-state index in [0.29, 0.717) is 73.0 Å². The Morgan fingerprint density at radius 2 is 1.54 bits per heavy atom. The van der Waals surface area contributed by atoms with Gasteiger partial charge in [-0.25, -0.2) is 14.2 Å². The summed E-state index contributed by atoms with van der Waals surface area (Å²) in [4.78, 5) is 107. The van der Waals surface area contributed by atoms with Gasteiger partial charge in [-0.1, -0.05) is 38.3 Å². The van der Waals surface area contributed by atoms with Crippen molar-refractivity contribution in [3.05, 3.63) is 73.8 Å². The lowest BCUT2D eigenvalue weighted by Crippen LogP contribution is -2.45. The number of carbonyl (C=O) groups is 7. The summed E-state index contributed by atoms with van der Waals surface area (Å²) in [6, 6.07) is 2.43. The number of amides is 5. The summed E-state index contributed by atoms with van der Waals surface area (Å²) in [5, 5.41) is 25.0. The molecule has 6 N–H and O–H groups in total. The number of aryl methyl sites for hydroxylation is 1. The van der Waals surface area contributed by atoms with Crippen molar-refractivity contribution in [1.82, 2.24) is 36.1 Å². The average Bonchev–Trinajstić information content (AvgIpc) is 3.54. The van der Waals surface area contributed by atoms with Crippen LogP contribution in [-0.2, 0) is 72.9 Å². The fourth-order valence-corrected chi connectivity index (χ4v) is 10.4. The predicted octanol–water partition coefficient (Wildman–Crippen LogP) is 2.54. The van der Waals surface area contributed by atoms with Gasteiger partial charge in [-0.3, -0.25) is 33.6 Å². The van der Waals surface area contributed by atoms with E-state index < -0.39 is 65.7 Å². The van der Waals surface area contributed by atoms with Crippen molar-refractivity contribution >= 4 is 52.2 Å². The van der Waals surface area contributed by atoms with Crippen molar-refractivity contribution in [2.24, 2.45) is 5.92 Å². The molecule has 380 valence electrons. The topological polar surface area (TPSA) is 262 Å². The van der Waals surface area contributed by atoms with Gasteiger partial charge < -0.3 is 50.5 Å². The molecule has 5 atom stereocenters. The largest absolute Gasteiger partial charge is 0.458 e. The summed E-state index contributed by atoms with van der Waals surface area (Å²) >= 11 is 0. The number of nitrogens with zero attached hydrogens (tertiary/aromatic N) is 2. The minimum atomic E-state index is -2.02. The van der Waals surface area contributed by atoms with E-state index in [4.69, 9.17) is 19.2 Å². The molecule has 0 radical (unpaired) electrons. The molecular formula is C51H62FN7O12. The second-order valence-electron chi connectivity index (χ2n) is 19.1. The van der Waals surface area contributed by atoms with E-state index in [9.17, 15) is 43.5 Å². The second-order valence-corrected chi connectivity index (χ2v) is 19.1. The third-order valence-electron chi connectivity index (χ3n) is 14.5.